The highest BCUT2D eigenvalue weighted by Gasteiger charge is 1.97. The van der Waals surface area contributed by atoms with Gasteiger partial charge in [0.2, 0.25) is 0 Å². The second-order valence-electron chi connectivity index (χ2n) is 13.0. The first-order valence-electron chi connectivity index (χ1n) is 18.9. The van der Waals surface area contributed by atoms with Crippen LogP contribution in [0.4, 0.5) is 0 Å². The topological polar surface area (TPSA) is 0 Å². The molecule has 0 spiro atoms. The molecule has 40 heavy (non-hydrogen) atoms. The van der Waals surface area contributed by atoms with Gasteiger partial charge in [-0.25, -0.2) is 0 Å². The van der Waals surface area contributed by atoms with E-state index in [1.807, 2.05) is 0 Å². The van der Waals surface area contributed by atoms with Gasteiger partial charge in [-0.05, 0) is 25.7 Å². The molecule has 0 amide bonds. The van der Waals surface area contributed by atoms with Crippen molar-refractivity contribution < 1.29 is 0 Å². The molecule has 0 N–H and O–H groups in total. The molecule has 0 atom stereocenters. The molecule has 0 aromatic carbocycles. The summed E-state index contributed by atoms with van der Waals surface area (Å²) in [6.07, 6.45) is 50.2. The largest absolute Gasteiger partial charge is 0.103 e. The maximum absolute atomic E-state index is 3.44. The summed E-state index contributed by atoms with van der Waals surface area (Å²) in [5.74, 6) is 13.8. The van der Waals surface area contributed by atoms with Crippen molar-refractivity contribution in [3.63, 3.8) is 0 Å². The summed E-state index contributed by atoms with van der Waals surface area (Å²) in [6.45, 7) is 0. The lowest BCUT2D eigenvalue weighted by Gasteiger charge is -2.03. The van der Waals surface area contributed by atoms with E-state index in [0.29, 0.717) is 0 Å². The van der Waals surface area contributed by atoms with Crippen molar-refractivity contribution in [1.29, 1.82) is 0 Å². The molecule has 0 unspecified atom stereocenters. The third-order valence-corrected chi connectivity index (χ3v) is 8.96. The van der Waals surface area contributed by atoms with Gasteiger partial charge < -0.3 is 0 Å². The Kier molecular flexibility index (Phi) is 31.9. The van der Waals surface area contributed by atoms with Crippen molar-refractivity contribution in [3.05, 3.63) is 0 Å². The minimum Gasteiger partial charge on any atom is -0.103 e. The molecular formula is C40H72. The SMILES string of the molecule is C1#CCCCCCCCCCCCCCCCCCCCCC#CCCCCCCCCCCCCCCCC1. The summed E-state index contributed by atoms with van der Waals surface area (Å²) >= 11 is 0. The van der Waals surface area contributed by atoms with E-state index in [0.717, 1.165) is 25.7 Å². The molecule has 0 aromatic rings. The van der Waals surface area contributed by atoms with Crippen LogP contribution in [0.5, 0.6) is 0 Å². The Morgan fingerprint density at radius 1 is 0.125 bits per heavy atom. The van der Waals surface area contributed by atoms with Crippen molar-refractivity contribution in [2.45, 2.75) is 231 Å². The highest BCUT2D eigenvalue weighted by Crippen LogP contribution is 2.16. The van der Waals surface area contributed by atoms with E-state index in [1.54, 1.807) is 0 Å². The zero-order chi connectivity index (χ0) is 28.3. The number of hydrogen-bond donors (Lipinski definition) is 0. The lowest BCUT2D eigenvalue weighted by atomic mass is 10.0. The van der Waals surface area contributed by atoms with Gasteiger partial charge >= 0.3 is 0 Å². The van der Waals surface area contributed by atoms with Crippen LogP contribution in [-0.2, 0) is 0 Å². The van der Waals surface area contributed by atoms with E-state index in [4.69, 9.17) is 0 Å². The van der Waals surface area contributed by atoms with Gasteiger partial charge in [-0.15, -0.1) is 23.7 Å². The van der Waals surface area contributed by atoms with Gasteiger partial charge in [-0.2, -0.15) is 0 Å². The second kappa shape index (κ2) is 34.3. The molecule has 0 fully saturated rings. The van der Waals surface area contributed by atoms with Crippen LogP contribution in [0.3, 0.4) is 0 Å². The molecule has 1 aliphatic carbocycles. The summed E-state index contributed by atoms with van der Waals surface area (Å²) in [4.78, 5) is 0. The molecule has 0 heterocycles. The molecule has 1 rings (SSSR count). The van der Waals surface area contributed by atoms with Gasteiger partial charge in [0, 0.05) is 25.7 Å². The number of rotatable bonds is 0. The van der Waals surface area contributed by atoms with Crippen LogP contribution in [0, 0.1) is 23.7 Å². The van der Waals surface area contributed by atoms with E-state index in [9.17, 15) is 0 Å². The van der Waals surface area contributed by atoms with Crippen molar-refractivity contribution in [1.82, 2.24) is 0 Å². The van der Waals surface area contributed by atoms with Crippen LogP contribution in [0.1, 0.15) is 231 Å². The van der Waals surface area contributed by atoms with Crippen LogP contribution < -0.4 is 0 Å². The fourth-order valence-corrected chi connectivity index (χ4v) is 6.16. The quantitative estimate of drug-likeness (QED) is 0.262. The molecule has 0 aromatic heterocycles. The molecule has 0 bridgehead atoms. The highest BCUT2D eigenvalue weighted by molar-refractivity contribution is 4.99. The van der Waals surface area contributed by atoms with Gasteiger partial charge in [0.05, 0.1) is 0 Å². The van der Waals surface area contributed by atoms with Crippen LogP contribution in [-0.4, -0.2) is 0 Å². The predicted octanol–water partition coefficient (Wildman–Crippen LogP) is 14.1. The van der Waals surface area contributed by atoms with E-state index in [1.165, 1.54) is 205 Å². The molecule has 0 radical (unpaired) electrons. The summed E-state index contributed by atoms with van der Waals surface area (Å²) in [7, 11) is 0. The third kappa shape index (κ3) is 31.6. The van der Waals surface area contributed by atoms with E-state index in [-0.39, 0.29) is 0 Å². The van der Waals surface area contributed by atoms with E-state index >= 15 is 0 Å². The molecule has 0 heteroatoms. The normalized spacial score (nSPS) is 22.4. The standard InChI is InChI=1S/C40H72/c1-2-4-6-8-10-12-14-16-18-20-22-24-26-28-30-32-34-36-38-40-39-37-35-33-31-29-27-25-23-21-19-17-15-13-11-9-7-5-3-1/h1-20,25-40H2. The molecule has 0 nitrogen and oxygen atoms in total. The summed E-state index contributed by atoms with van der Waals surface area (Å²) < 4.78 is 0. The first-order valence-corrected chi connectivity index (χ1v) is 18.9. The van der Waals surface area contributed by atoms with Gasteiger partial charge in [-0.3, -0.25) is 0 Å². The molecule has 0 saturated heterocycles. The van der Waals surface area contributed by atoms with E-state index in [2.05, 4.69) is 23.7 Å². The van der Waals surface area contributed by atoms with Crippen LogP contribution in [0.25, 0.3) is 0 Å². The Hall–Kier alpha value is -0.880. The average molecular weight is 553 g/mol. The van der Waals surface area contributed by atoms with E-state index < -0.39 is 0 Å². The zero-order valence-electron chi connectivity index (χ0n) is 27.5. The Morgan fingerprint density at radius 3 is 0.350 bits per heavy atom. The van der Waals surface area contributed by atoms with Crippen LogP contribution in [0.2, 0.25) is 0 Å². The smallest absolute Gasteiger partial charge is 0.00886 e. The fourth-order valence-electron chi connectivity index (χ4n) is 6.16. The zero-order valence-corrected chi connectivity index (χ0v) is 27.5. The first kappa shape index (κ1) is 37.1. The number of hydrogen-bond acceptors (Lipinski definition) is 0. The van der Waals surface area contributed by atoms with Gasteiger partial charge in [-0.1, -0.05) is 180 Å². The minimum absolute atomic E-state index is 1.13. The minimum atomic E-state index is 1.13. The maximum Gasteiger partial charge on any atom is 0.00886 e. The Morgan fingerprint density at radius 2 is 0.225 bits per heavy atom. The molecule has 1 aliphatic rings. The van der Waals surface area contributed by atoms with Crippen molar-refractivity contribution in [3.8, 4) is 23.7 Å². The Labute approximate surface area is 254 Å². The summed E-state index contributed by atoms with van der Waals surface area (Å²) in [5.41, 5.74) is 0. The van der Waals surface area contributed by atoms with Crippen molar-refractivity contribution in [2.75, 3.05) is 0 Å². The molecule has 0 saturated carbocycles. The van der Waals surface area contributed by atoms with Gasteiger partial charge in [0.25, 0.3) is 0 Å². The Balaban J connectivity index is 2.07. The molecular weight excluding hydrogens is 480 g/mol. The van der Waals surface area contributed by atoms with Crippen LogP contribution in [0.15, 0.2) is 0 Å². The lowest BCUT2D eigenvalue weighted by Crippen LogP contribution is -1.84. The summed E-state index contributed by atoms with van der Waals surface area (Å²) in [6, 6.07) is 0. The van der Waals surface area contributed by atoms with Gasteiger partial charge in [0.1, 0.15) is 0 Å². The highest BCUT2D eigenvalue weighted by atomic mass is 14.0. The van der Waals surface area contributed by atoms with Crippen molar-refractivity contribution in [2.24, 2.45) is 0 Å². The summed E-state index contributed by atoms with van der Waals surface area (Å²) in [5, 5.41) is 0. The van der Waals surface area contributed by atoms with Crippen LogP contribution >= 0.6 is 0 Å². The maximum atomic E-state index is 3.44. The van der Waals surface area contributed by atoms with Gasteiger partial charge in [0.15, 0.2) is 0 Å². The molecule has 0 aliphatic heterocycles. The van der Waals surface area contributed by atoms with Crippen molar-refractivity contribution >= 4 is 0 Å². The third-order valence-electron chi connectivity index (χ3n) is 8.96. The molecule has 232 valence electrons. The predicted molar refractivity (Wildman–Crippen MR) is 182 cm³/mol. The first-order chi connectivity index (χ1) is 20.0. The average Bonchev–Trinajstić information content (AvgIpc) is 2.97. The Bertz CT molecular complexity index is 539. The monoisotopic (exact) mass is 553 g/mol. The fraction of sp³-hybridized carbons (Fsp3) is 0.900. The lowest BCUT2D eigenvalue weighted by molar-refractivity contribution is 0.525. The second-order valence-corrected chi connectivity index (χ2v) is 13.0.